The molecule has 1 N–H and O–H groups in total. The number of aryl methyl sites for hydroxylation is 1. The van der Waals surface area contributed by atoms with Crippen LogP contribution in [0.2, 0.25) is 0 Å². The van der Waals surface area contributed by atoms with Crippen molar-refractivity contribution in [3.63, 3.8) is 0 Å². The number of aromatic amines is 1. The van der Waals surface area contributed by atoms with Crippen molar-refractivity contribution in [2.75, 3.05) is 13.1 Å². The maximum absolute atomic E-state index is 13.0. The van der Waals surface area contributed by atoms with Crippen LogP contribution in [0.15, 0.2) is 30.5 Å². The van der Waals surface area contributed by atoms with Crippen molar-refractivity contribution in [2.45, 2.75) is 32.1 Å². The van der Waals surface area contributed by atoms with E-state index >= 15 is 0 Å². The van der Waals surface area contributed by atoms with E-state index in [1.807, 2.05) is 18.0 Å². The number of benzene rings is 1. The molecule has 1 fully saturated rings. The molecule has 2 aromatic rings. The van der Waals surface area contributed by atoms with Gasteiger partial charge in [-0.2, -0.15) is 5.10 Å². The molecule has 0 unspecified atom stereocenters. The van der Waals surface area contributed by atoms with E-state index in [1.54, 1.807) is 12.1 Å². The fourth-order valence-electron chi connectivity index (χ4n) is 3.35. The van der Waals surface area contributed by atoms with Gasteiger partial charge in [-0.3, -0.25) is 9.89 Å². The number of rotatable bonds is 2. The molecule has 1 aliphatic heterocycles. The molecular weight excluding hydrogens is 281 g/mol. The number of aromatic nitrogens is 2. The van der Waals surface area contributed by atoms with Gasteiger partial charge >= 0.3 is 0 Å². The van der Waals surface area contributed by atoms with Crippen LogP contribution in [0.4, 0.5) is 4.39 Å². The molecule has 1 saturated heterocycles. The first-order valence-electron chi connectivity index (χ1n) is 7.55. The zero-order valence-corrected chi connectivity index (χ0v) is 12.9. The number of amides is 1. The van der Waals surface area contributed by atoms with Gasteiger partial charge in [0.15, 0.2) is 0 Å². The lowest BCUT2D eigenvalue weighted by atomic mass is 9.77. The Morgan fingerprint density at radius 2 is 2.09 bits per heavy atom. The van der Waals surface area contributed by atoms with E-state index in [-0.39, 0.29) is 17.1 Å². The Labute approximate surface area is 129 Å². The van der Waals surface area contributed by atoms with Gasteiger partial charge in [0.05, 0.1) is 6.20 Å². The number of H-pyrrole nitrogens is 1. The van der Waals surface area contributed by atoms with Crippen LogP contribution in [0.3, 0.4) is 0 Å². The van der Waals surface area contributed by atoms with E-state index in [2.05, 4.69) is 17.1 Å². The Hall–Kier alpha value is -2.17. The quantitative estimate of drug-likeness (QED) is 0.927. The van der Waals surface area contributed by atoms with E-state index in [4.69, 9.17) is 0 Å². The van der Waals surface area contributed by atoms with E-state index < -0.39 is 0 Å². The van der Waals surface area contributed by atoms with Crippen molar-refractivity contribution in [3.8, 4) is 0 Å². The summed E-state index contributed by atoms with van der Waals surface area (Å²) in [6, 6.07) is 5.75. The Balaban J connectivity index is 1.82. The van der Waals surface area contributed by atoms with Crippen LogP contribution in [-0.4, -0.2) is 34.1 Å². The highest BCUT2D eigenvalue weighted by molar-refractivity contribution is 5.94. The van der Waals surface area contributed by atoms with E-state index in [0.29, 0.717) is 12.1 Å². The second-order valence-electron chi connectivity index (χ2n) is 6.33. The summed E-state index contributed by atoms with van der Waals surface area (Å²) in [7, 11) is 0. The Morgan fingerprint density at radius 1 is 1.36 bits per heavy atom. The van der Waals surface area contributed by atoms with Crippen LogP contribution in [0.5, 0.6) is 0 Å². The molecule has 1 aromatic carbocycles. The smallest absolute Gasteiger partial charge is 0.253 e. The van der Waals surface area contributed by atoms with Gasteiger partial charge in [0.2, 0.25) is 0 Å². The fourth-order valence-corrected chi connectivity index (χ4v) is 3.35. The summed E-state index contributed by atoms with van der Waals surface area (Å²) < 4.78 is 13.0. The molecule has 1 amide bonds. The number of hydrogen-bond donors (Lipinski definition) is 1. The lowest BCUT2D eigenvalue weighted by Gasteiger charge is -2.40. The van der Waals surface area contributed by atoms with Gasteiger partial charge < -0.3 is 4.90 Å². The van der Waals surface area contributed by atoms with Crippen LogP contribution in [0.1, 0.15) is 41.4 Å². The van der Waals surface area contributed by atoms with E-state index in [1.165, 1.54) is 12.1 Å². The first-order chi connectivity index (χ1) is 10.5. The summed E-state index contributed by atoms with van der Waals surface area (Å²) in [5.74, 6) is -0.365. The number of carbonyl (C=O) groups is 1. The van der Waals surface area contributed by atoms with Gasteiger partial charge in [0.25, 0.3) is 5.91 Å². The fraction of sp³-hybridized carbons (Fsp3) is 0.412. The Kier molecular flexibility index (Phi) is 3.72. The molecule has 1 aromatic heterocycles. The zero-order valence-electron chi connectivity index (χ0n) is 12.9. The van der Waals surface area contributed by atoms with Gasteiger partial charge in [-0.15, -0.1) is 0 Å². The molecule has 0 radical (unpaired) electrons. The number of hydrogen-bond acceptors (Lipinski definition) is 2. The van der Waals surface area contributed by atoms with Crippen LogP contribution in [-0.2, 0) is 5.41 Å². The van der Waals surface area contributed by atoms with Gasteiger partial charge in [-0.05, 0) is 49.6 Å². The van der Waals surface area contributed by atoms with Crippen LogP contribution < -0.4 is 0 Å². The standard InChI is InChI=1S/C17H20FN3O/c1-12-10-19-20-15(12)17(2)8-3-9-21(11-17)16(22)13-4-6-14(18)7-5-13/h4-7,10H,3,8-9,11H2,1-2H3,(H,19,20)/t17-/m1/s1. The zero-order chi connectivity index (χ0) is 15.7. The largest absolute Gasteiger partial charge is 0.338 e. The average Bonchev–Trinajstić information content (AvgIpc) is 2.94. The third-order valence-corrected chi connectivity index (χ3v) is 4.51. The number of nitrogens with one attached hydrogen (secondary N) is 1. The molecule has 3 rings (SSSR count). The van der Waals surface area contributed by atoms with E-state index in [0.717, 1.165) is 30.6 Å². The van der Waals surface area contributed by atoms with Crippen molar-refractivity contribution in [1.82, 2.24) is 15.1 Å². The molecule has 0 spiro atoms. The van der Waals surface area contributed by atoms with Crippen LogP contribution in [0.25, 0.3) is 0 Å². The minimum atomic E-state index is -0.326. The molecule has 0 saturated carbocycles. The highest BCUT2D eigenvalue weighted by atomic mass is 19.1. The molecule has 0 bridgehead atoms. The van der Waals surface area contributed by atoms with Crippen molar-refractivity contribution >= 4 is 5.91 Å². The number of halogens is 1. The number of piperidine rings is 1. The summed E-state index contributed by atoms with van der Waals surface area (Å²) in [5, 5.41) is 7.19. The van der Waals surface area contributed by atoms with Gasteiger partial charge in [0, 0.05) is 29.8 Å². The van der Waals surface area contributed by atoms with E-state index in [9.17, 15) is 9.18 Å². The van der Waals surface area contributed by atoms with Crippen molar-refractivity contribution in [1.29, 1.82) is 0 Å². The van der Waals surface area contributed by atoms with Gasteiger partial charge in [-0.1, -0.05) is 6.92 Å². The monoisotopic (exact) mass is 301 g/mol. The highest BCUT2D eigenvalue weighted by Gasteiger charge is 2.36. The Bertz CT molecular complexity index is 679. The van der Waals surface area contributed by atoms with Crippen molar-refractivity contribution in [2.24, 2.45) is 0 Å². The van der Waals surface area contributed by atoms with Crippen molar-refractivity contribution < 1.29 is 9.18 Å². The minimum absolute atomic E-state index is 0.0388. The molecule has 4 nitrogen and oxygen atoms in total. The maximum atomic E-state index is 13.0. The SMILES string of the molecule is Cc1cn[nH]c1[C@]1(C)CCCN(C(=O)c2ccc(F)cc2)C1. The van der Waals surface area contributed by atoms with Crippen LogP contribution >= 0.6 is 0 Å². The molecule has 0 aliphatic carbocycles. The second kappa shape index (κ2) is 5.55. The van der Waals surface area contributed by atoms with Crippen LogP contribution in [0, 0.1) is 12.7 Å². The van der Waals surface area contributed by atoms with Crippen molar-refractivity contribution in [3.05, 3.63) is 53.1 Å². The third-order valence-electron chi connectivity index (χ3n) is 4.51. The predicted molar refractivity (Wildman–Crippen MR) is 82.2 cm³/mol. The number of carbonyl (C=O) groups excluding carboxylic acids is 1. The first kappa shape index (κ1) is 14.8. The van der Waals surface area contributed by atoms with Gasteiger partial charge in [0.1, 0.15) is 5.82 Å². The number of likely N-dealkylation sites (tertiary alicyclic amines) is 1. The highest BCUT2D eigenvalue weighted by Crippen LogP contribution is 2.34. The third kappa shape index (κ3) is 2.63. The summed E-state index contributed by atoms with van der Waals surface area (Å²) in [4.78, 5) is 14.5. The summed E-state index contributed by atoms with van der Waals surface area (Å²) in [6.07, 6.45) is 3.78. The normalized spacial score (nSPS) is 21.9. The summed E-state index contributed by atoms with van der Waals surface area (Å²) in [5.41, 5.74) is 2.64. The summed E-state index contributed by atoms with van der Waals surface area (Å²) >= 11 is 0. The molecule has 5 heteroatoms. The Morgan fingerprint density at radius 3 is 2.73 bits per heavy atom. The lowest BCUT2D eigenvalue weighted by Crippen LogP contribution is -2.47. The molecule has 1 aliphatic rings. The molecule has 116 valence electrons. The summed E-state index contributed by atoms with van der Waals surface area (Å²) in [6.45, 7) is 5.58. The maximum Gasteiger partial charge on any atom is 0.253 e. The predicted octanol–water partition coefficient (Wildman–Crippen LogP) is 3.05. The van der Waals surface area contributed by atoms with Gasteiger partial charge in [-0.25, -0.2) is 4.39 Å². The second-order valence-corrected chi connectivity index (χ2v) is 6.33. The average molecular weight is 301 g/mol. The lowest BCUT2D eigenvalue weighted by molar-refractivity contribution is 0.0647. The molecular formula is C17H20FN3O. The molecule has 2 heterocycles. The topological polar surface area (TPSA) is 49.0 Å². The number of nitrogens with zero attached hydrogens (tertiary/aromatic N) is 2. The molecule has 22 heavy (non-hydrogen) atoms. The minimum Gasteiger partial charge on any atom is -0.338 e. The first-order valence-corrected chi connectivity index (χ1v) is 7.55. The molecule has 1 atom stereocenters.